The molecule has 0 saturated heterocycles. The van der Waals surface area contributed by atoms with Gasteiger partial charge in [-0.1, -0.05) is 45.9 Å². The molecule has 0 radical (unpaired) electrons. The minimum Gasteiger partial charge on any atom is -0.483 e. The van der Waals surface area contributed by atoms with Crippen LogP contribution in [0.5, 0.6) is 5.75 Å². The highest BCUT2D eigenvalue weighted by atomic mass is 79.9. The zero-order chi connectivity index (χ0) is 18.4. The molecule has 0 aliphatic heterocycles. The molecule has 5 heteroatoms. The van der Waals surface area contributed by atoms with Crippen LogP contribution in [0.1, 0.15) is 33.3 Å². The molecule has 2 aromatic carbocycles. The van der Waals surface area contributed by atoms with Crippen LogP contribution >= 0.6 is 27.7 Å². The Morgan fingerprint density at radius 3 is 2.56 bits per heavy atom. The molecule has 25 heavy (non-hydrogen) atoms. The number of benzene rings is 2. The molecule has 134 valence electrons. The van der Waals surface area contributed by atoms with Gasteiger partial charge in [-0.15, -0.1) is 11.8 Å². The normalized spacial score (nSPS) is 11.2. The van der Waals surface area contributed by atoms with Gasteiger partial charge in [-0.2, -0.15) is 0 Å². The Morgan fingerprint density at radius 2 is 1.92 bits per heavy atom. The SMILES string of the molecule is CCSc1ccccc1NC(=O)COc1ccc(C(C)(C)C)cc1Br. The number of amides is 1. The van der Waals surface area contributed by atoms with Crippen LogP contribution in [0.2, 0.25) is 0 Å². The van der Waals surface area contributed by atoms with Crippen molar-refractivity contribution >= 4 is 39.3 Å². The highest BCUT2D eigenvalue weighted by Crippen LogP contribution is 2.31. The van der Waals surface area contributed by atoms with E-state index in [-0.39, 0.29) is 17.9 Å². The second kappa shape index (κ2) is 8.77. The van der Waals surface area contributed by atoms with Gasteiger partial charge < -0.3 is 10.1 Å². The van der Waals surface area contributed by atoms with E-state index in [2.05, 4.69) is 48.9 Å². The maximum atomic E-state index is 12.2. The zero-order valence-corrected chi connectivity index (χ0v) is 17.5. The van der Waals surface area contributed by atoms with Crippen molar-refractivity contribution in [1.29, 1.82) is 0 Å². The summed E-state index contributed by atoms with van der Waals surface area (Å²) in [6.45, 7) is 8.54. The Morgan fingerprint density at radius 1 is 1.20 bits per heavy atom. The van der Waals surface area contributed by atoms with Crippen molar-refractivity contribution in [1.82, 2.24) is 0 Å². The Balaban J connectivity index is 1.99. The van der Waals surface area contributed by atoms with E-state index in [1.807, 2.05) is 42.5 Å². The van der Waals surface area contributed by atoms with E-state index in [1.165, 1.54) is 5.56 Å². The molecule has 1 N–H and O–H groups in total. The van der Waals surface area contributed by atoms with E-state index < -0.39 is 0 Å². The van der Waals surface area contributed by atoms with Gasteiger partial charge in [0.05, 0.1) is 10.2 Å². The first-order valence-corrected chi connectivity index (χ1v) is 10.0. The molecule has 0 unspecified atom stereocenters. The van der Waals surface area contributed by atoms with Crippen molar-refractivity contribution in [2.24, 2.45) is 0 Å². The lowest BCUT2D eigenvalue weighted by molar-refractivity contribution is -0.118. The molecule has 2 rings (SSSR count). The molecule has 2 aromatic rings. The van der Waals surface area contributed by atoms with Gasteiger partial charge in [0.15, 0.2) is 6.61 Å². The monoisotopic (exact) mass is 421 g/mol. The quantitative estimate of drug-likeness (QED) is 0.591. The van der Waals surface area contributed by atoms with Crippen LogP contribution in [0, 0.1) is 0 Å². The lowest BCUT2D eigenvalue weighted by Crippen LogP contribution is -2.20. The number of halogens is 1. The third-order valence-electron chi connectivity index (χ3n) is 3.62. The van der Waals surface area contributed by atoms with Gasteiger partial charge in [0, 0.05) is 4.90 Å². The Labute approximate surface area is 162 Å². The van der Waals surface area contributed by atoms with E-state index in [4.69, 9.17) is 4.74 Å². The minimum atomic E-state index is -0.170. The van der Waals surface area contributed by atoms with Crippen molar-refractivity contribution in [3.05, 3.63) is 52.5 Å². The molecule has 3 nitrogen and oxygen atoms in total. The number of hydrogen-bond donors (Lipinski definition) is 1. The first kappa shape index (κ1) is 19.9. The summed E-state index contributed by atoms with van der Waals surface area (Å²) in [6.07, 6.45) is 0. The van der Waals surface area contributed by atoms with Crippen LogP contribution in [0.4, 0.5) is 5.69 Å². The van der Waals surface area contributed by atoms with Crippen molar-refractivity contribution < 1.29 is 9.53 Å². The third-order valence-corrected chi connectivity index (χ3v) is 5.19. The zero-order valence-electron chi connectivity index (χ0n) is 15.1. The first-order chi connectivity index (χ1) is 11.8. The highest BCUT2D eigenvalue weighted by Gasteiger charge is 2.16. The van der Waals surface area contributed by atoms with Crippen LogP contribution in [-0.2, 0) is 10.2 Å². The van der Waals surface area contributed by atoms with E-state index in [0.29, 0.717) is 5.75 Å². The molecular formula is C20H24BrNO2S. The van der Waals surface area contributed by atoms with E-state index in [1.54, 1.807) is 11.8 Å². The Hall–Kier alpha value is -1.46. The molecule has 0 aromatic heterocycles. The highest BCUT2D eigenvalue weighted by molar-refractivity contribution is 9.10. The molecule has 0 saturated carbocycles. The second-order valence-electron chi connectivity index (χ2n) is 6.66. The fourth-order valence-corrected chi connectivity index (χ4v) is 3.52. The maximum absolute atomic E-state index is 12.2. The Kier molecular flexibility index (Phi) is 6.96. The number of hydrogen-bond acceptors (Lipinski definition) is 3. The van der Waals surface area contributed by atoms with E-state index >= 15 is 0 Å². The molecule has 1 amide bonds. The summed E-state index contributed by atoms with van der Waals surface area (Å²) in [4.78, 5) is 13.3. The number of rotatable bonds is 6. The molecule has 0 bridgehead atoms. The van der Waals surface area contributed by atoms with Gasteiger partial charge in [0.1, 0.15) is 5.75 Å². The van der Waals surface area contributed by atoms with Crippen molar-refractivity contribution in [2.75, 3.05) is 17.7 Å². The average Bonchev–Trinajstić information content (AvgIpc) is 2.55. The number of nitrogens with one attached hydrogen (secondary N) is 1. The van der Waals surface area contributed by atoms with Crippen LogP contribution in [0.25, 0.3) is 0 Å². The summed E-state index contributed by atoms with van der Waals surface area (Å²) in [5, 5.41) is 2.92. The summed E-state index contributed by atoms with van der Waals surface area (Å²) in [5.74, 6) is 1.45. The van der Waals surface area contributed by atoms with Crippen molar-refractivity contribution in [3.63, 3.8) is 0 Å². The molecular weight excluding hydrogens is 398 g/mol. The van der Waals surface area contributed by atoms with Gasteiger partial charge in [-0.25, -0.2) is 0 Å². The summed E-state index contributed by atoms with van der Waals surface area (Å²) in [5.41, 5.74) is 2.10. The summed E-state index contributed by atoms with van der Waals surface area (Å²) in [7, 11) is 0. The minimum absolute atomic E-state index is 0.0292. The maximum Gasteiger partial charge on any atom is 0.262 e. The average molecular weight is 422 g/mol. The van der Waals surface area contributed by atoms with Crippen LogP contribution < -0.4 is 10.1 Å². The topological polar surface area (TPSA) is 38.3 Å². The smallest absolute Gasteiger partial charge is 0.262 e. The van der Waals surface area contributed by atoms with Gasteiger partial charge in [-0.3, -0.25) is 4.79 Å². The van der Waals surface area contributed by atoms with Crippen LogP contribution in [-0.4, -0.2) is 18.3 Å². The largest absolute Gasteiger partial charge is 0.483 e. The van der Waals surface area contributed by atoms with Gasteiger partial charge in [-0.05, 0) is 56.9 Å². The fraction of sp³-hybridized carbons (Fsp3) is 0.350. The Bertz CT molecular complexity index is 741. The van der Waals surface area contributed by atoms with E-state index in [9.17, 15) is 4.79 Å². The predicted octanol–water partition coefficient (Wildman–Crippen LogP) is 5.88. The number of ether oxygens (including phenoxy) is 1. The molecule has 0 fully saturated rings. The number of carbonyl (C=O) groups excluding carboxylic acids is 1. The lowest BCUT2D eigenvalue weighted by Gasteiger charge is -2.20. The number of carbonyl (C=O) groups is 1. The third kappa shape index (κ3) is 5.79. The van der Waals surface area contributed by atoms with Crippen molar-refractivity contribution in [3.8, 4) is 5.75 Å². The second-order valence-corrected chi connectivity index (χ2v) is 8.82. The lowest BCUT2D eigenvalue weighted by atomic mass is 9.87. The summed E-state index contributed by atoms with van der Waals surface area (Å²) in [6, 6.07) is 13.8. The van der Waals surface area contributed by atoms with Crippen molar-refractivity contribution in [2.45, 2.75) is 38.0 Å². The van der Waals surface area contributed by atoms with Crippen LogP contribution in [0.3, 0.4) is 0 Å². The van der Waals surface area contributed by atoms with Gasteiger partial charge >= 0.3 is 0 Å². The molecule has 0 aliphatic rings. The summed E-state index contributed by atoms with van der Waals surface area (Å²) < 4.78 is 6.53. The van der Waals surface area contributed by atoms with Gasteiger partial charge in [0.2, 0.25) is 0 Å². The number of para-hydroxylation sites is 1. The fourth-order valence-electron chi connectivity index (χ4n) is 2.27. The number of anilines is 1. The molecule has 0 heterocycles. The summed E-state index contributed by atoms with van der Waals surface area (Å²) >= 11 is 5.23. The predicted molar refractivity (Wildman–Crippen MR) is 110 cm³/mol. The number of thioether (sulfide) groups is 1. The molecule has 0 aliphatic carbocycles. The van der Waals surface area contributed by atoms with E-state index in [0.717, 1.165) is 20.8 Å². The standard InChI is InChI=1S/C20H24BrNO2S/c1-5-25-18-9-7-6-8-16(18)22-19(23)13-24-17-11-10-14(12-15(17)21)20(2,3)4/h6-12H,5,13H2,1-4H3,(H,22,23). The molecule has 0 atom stereocenters. The van der Waals surface area contributed by atoms with Gasteiger partial charge in [0.25, 0.3) is 5.91 Å². The molecule has 0 spiro atoms. The first-order valence-electron chi connectivity index (χ1n) is 8.25. The van der Waals surface area contributed by atoms with Crippen LogP contribution in [0.15, 0.2) is 51.8 Å².